The molecule has 1 saturated heterocycles. The van der Waals surface area contributed by atoms with Gasteiger partial charge in [-0.1, -0.05) is 56.3 Å². The van der Waals surface area contributed by atoms with Crippen LogP contribution in [0.4, 0.5) is 0 Å². The van der Waals surface area contributed by atoms with Gasteiger partial charge in [-0.15, -0.1) is 0 Å². The molecule has 0 bridgehead atoms. The monoisotopic (exact) mass is 538 g/mol. The van der Waals surface area contributed by atoms with Gasteiger partial charge in [-0.3, -0.25) is 14.4 Å². The SMILES string of the molecule is CC(C)CC(NC(=O)C1CCCN1)C(=O)NC(Cc1ccccc1)C(=O)NC(Cc1ccc(O)cc1)C(=O)O. The van der Waals surface area contributed by atoms with E-state index in [1.54, 1.807) is 12.1 Å². The Bertz CT molecular complexity index is 1120. The maximum atomic E-state index is 13.4. The summed E-state index contributed by atoms with van der Waals surface area (Å²) in [5, 5.41) is 30.6. The molecule has 3 rings (SSSR count). The van der Waals surface area contributed by atoms with Crippen molar-refractivity contribution in [3.63, 3.8) is 0 Å². The van der Waals surface area contributed by atoms with Gasteiger partial charge in [0.05, 0.1) is 6.04 Å². The number of carbonyl (C=O) groups excluding carboxylic acids is 3. The number of benzene rings is 2. The summed E-state index contributed by atoms with van der Waals surface area (Å²) >= 11 is 0. The molecule has 0 saturated carbocycles. The summed E-state index contributed by atoms with van der Waals surface area (Å²) in [6.45, 7) is 4.62. The van der Waals surface area contributed by atoms with Crippen LogP contribution >= 0.6 is 0 Å². The summed E-state index contributed by atoms with van der Waals surface area (Å²) in [4.78, 5) is 51.5. The fourth-order valence-electron chi connectivity index (χ4n) is 4.56. The minimum Gasteiger partial charge on any atom is -0.508 e. The molecule has 10 heteroatoms. The molecule has 6 N–H and O–H groups in total. The number of carboxylic acid groups (broad SMARTS) is 1. The predicted molar refractivity (Wildman–Crippen MR) is 146 cm³/mol. The van der Waals surface area contributed by atoms with E-state index in [4.69, 9.17) is 0 Å². The maximum absolute atomic E-state index is 13.4. The topological polar surface area (TPSA) is 157 Å². The van der Waals surface area contributed by atoms with E-state index < -0.39 is 35.9 Å². The first kappa shape index (κ1) is 29.6. The molecule has 1 aliphatic heterocycles. The second-order valence-corrected chi connectivity index (χ2v) is 10.4. The van der Waals surface area contributed by atoms with Crippen molar-refractivity contribution < 1.29 is 29.4 Å². The van der Waals surface area contributed by atoms with E-state index in [9.17, 15) is 29.4 Å². The third-order valence-corrected chi connectivity index (χ3v) is 6.62. The Morgan fingerprint density at radius 3 is 2.03 bits per heavy atom. The quantitative estimate of drug-likeness (QED) is 0.226. The zero-order valence-corrected chi connectivity index (χ0v) is 22.4. The lowest BCUT2D eigenvalue weighted by Crippen LogP contribution is -2.58. The summed E-state index contributed by atoms with van der Waals surface area (Å²) in [5.41, 5.74) is 1.40. The van der Waals surface area contributed by atoms with Gasteiger partial charge in [-0.25, -0.2) is 4.79 Å². The minimum absolute atomic E-state index is 0.00617. The lowest BCUT2D eigenvalue weighted by Gasteiger charge is -2.26. The van der Waals surface area contributed by atoms with Crippen molar-refractivity contribution in [2.24, 2.45) is 5.92 Å². The lowest BCUT2D eigenvalue weighted by molar-refractivity contribution is -0.142. The molecule has 0 aliphatic carbocycles. The molecular weight excluding hydrogens is 500 g/mol. The van der Waals surface area contributed by atoms with Crippen molar-refractivity contribution in [1.82, 2.24) is 21.3 Å². The van der Waals surface area contributed by atoms with Crippen LogP contribution in [0.25, 0.3) is 0 Å². The first-order valence-electron chi connectivity index (χ1n) is 13.3. The maximum Gasteiger partial charge on any atom is 0.326 e. The highest BCUT2D eigenvalue weighted by Gasteiger charge is 2.32. The van der Waals surface area contributed by atoms with Crippen LogP contribution in [0.1, 0.15) is 44.2 Å². The van der Waals surface area contributed by atoms with Gasteiger partial charge in [0.25, 0.3) is 0 Å². The largest absolute Gasteiger partial charge is 0.508 e. The summed E-state index contributed by atoms with van der Waals surface area (Å²) in [7, 11) is 0. The first-order valence-corrected chi connectivity index (χ1v) is 13.3. The first-order chi connectivity index (χ1) is 18.6. The summed E-state index contributed by atoms with van der Waals surface area (Å²) in [5.74, 6) is -2.48. The van der Waals surface area contributed by atoms with Crippen LogP contribution in [0.15, 0.2) is 54.6 Å². The summed E-state index contributed by atoms with van der Waals surface area (Å²) in [6, 6.07) is 11.6. The number of phenols is 1. The smallest absolute Gasteiger partial charge is 0.326 e. The molecule has 0 aromatic heterocycles. The van der Waals surface area contributed by atoms with Crippen LogP contribution in [0.2, 0.25) is 0 Å². The van der Waals surface area contributed by atoms with Crippen molar-refractivity contribution in [2.45, 2.75) is 70.1 Å². The van der Waals surface area contributed by atoms with Crippen LogP contribution in [-0.2, 0) is 32.0 Å². The zero-order chi connectivity index (χ0) is 28.4. The fraction of sp³-hybridized carbons (Fsp3) is 0.448. The molecule has 3 amide bonds. The third kappa shape index (κ3) is 9.40. The van der Waals surface area contributed by atoms with Crippen LogP contribution in [0.3, 0.4) is 0 Å². The molecule has 10 nitrogen and oxygen atoms in total. The Hall–Kier alpha value is -3.92. The van der Waals surface area contributed by atoms with E-state index in [1.807, 2.05) is 44.2 Å². The van der Waals surface area contributed by atoms with Crippen molar-refractivity contribution in [3.8, 4) is 5.75 Å². The van der Waals surface area contributed by atoms with Gasteiger partial charge in [0.1, 0.15) is 23.9 Å². The molecule has 4 atom stereocenters. The number of amides is 3. The summed E-state index contributed by atoms with van der Waals surface area (Å²) < 4.78 is 0. The second kappa shape index (κ2) is 14.3. The van der Waals surface area contributed by atoms with E-state index in [2.05, 4.69) is 21.3 Å². The standard InChI is InChI=1S/C29H38N4O6/c1-18(2)15-23(31-26(35)22-9-6-14-30-22)27(36)32-24(16-19-7-4-3-5-8-19)28(37)33-25(29(38)39)17-20-10-12-21(34)13-11-20/h3-5,7-8,10-13,18,22-25,30,34H,6,9,14-17H2,1-2H3,(H,31,35)(H,32,36)(H,33,37)(H,38,39). The highest BCUT2D eigenvalue weighted by Crippen LogP contribution is 2.13. The van der Waals surface area contributed by atoms with Crippen LogP contribution < -0.4 is 21.3 Å². The molecule has 2 aromatic rings. The molecule has 1 aliphatic rings. The Balaban J connectivity index is 1.76. The molecule has 0 spiro atoms. The average molecular weight is 539 g/mol. The number of aromatic hydroxyl groups is 1. The number of rotatable bonds is 13. The van der Waals surface area contributed by atoms with Gasteiger partial charge >= 0.3 is 5.97 Å². The molecule has 2 aromatic carbocycles. The van der Waals surface area contributed by atoms with Crippen molar-refractivity contribution >= 4 is 23.7 Å². The van der Waals surface area contributed by atoms with Gasteiger partial charge in [-0.05, 0) is 55.0 Å². The highest BCUT2D eigenvalue weighted by atomic mass is 16.4. The van der Waals surface area contributed by atoms with E-state index in [0.717, 1.165) is 18.5 Å². The van der Waals surface area contributed by atoms with Crippen molar-refractivity contribution in [2.75, 3.05) is 6.54 Å². The van der Waals surface area contributed by atoms with Gasteiger partial charge in [0.15, 0.2) is 0 Å². The number of carbonyl (C=O) groups is 4. The number of hydrogen-bond acceptors (Lipinski definition) is 6. The molecule has 39 heavy (non-hydrogen) atoms. The number of aliphatic carboxylic acids is 1. The normalized spacial score (nSPS) is 17.2. The Morgan fingerprint density at radius 2 is 1.44 bits per heavy atom. The average Bonchev–Trinajstić information content (AvgIpc) is 3.44. The zero-order valence-electron chi connectivity index (χ0n) is 22.4. The van der Waals surface area contributed by atoms with E-state index in [-0.39, 0.29) is 36.5 Å². The predicted octanol–water partition coefficient (Wildman–Crippen LogP) is 1.51. The summed E-state index contributed by atoms with van der Waals surface area (Å²) in [6.07, 6.45) is 2.08. The number of carboxylic acids is 1. The van der Waals surface area contributed by atoms with Gasteiger partial charge in [0.2, 0.25) is 17.7 Å². The molecular formula is C29H38N4O6. The number of phenolic OH excluding ortho intramolecular Hbond substituents is 1. The van der Waals surface area contributed by atoms with Gasteiger partial charge in [0, 0.05) is 12.8 Å². The fourth-order valence-corrected chi connectivity index (χ4v) is 4.56. The Kier molecular flexibility index (Phi) is 10.9. The van der Waals surface area contributed by atoms with Crippen LogP contribution in [0.5, 0.6) is 5.75 Å². The Labute approximate surface area is 228 Å². The number of hydrogen-bond donors (Lipinski definition) is 6. The molecule has 4 unspecified atom stereocenters. The molecule has 1 heterocycles. The highest BCUT2D eigenvalue weighted by molar-refractivity contribution is 5.94. The minimum atomic E-state index is -1.25. The van der Waals surface area contributed by atoms with E-state index in [0.29, 0.717) is 18.4 Å². The Morgan fingerprint density at radius 1 is 0.846 bits per heavy atom. The third-order valence-electron chi connectivity index (χ3n) is 6.62. The second-order valence-electron chi connectivity index (χ2n) is 10.4. The van der Waals surface area contributed by atoms with Gasteiger partial charge < -0.3 is 31.5 Å². The van der Waals surface area contributed by atoms with Crippen LogP contribution in [-0.4, -0.2) is 64.6 Å². The molecule has 1 fully saturated rings. The van der Waals surface area contributed by atoms with Crippen molar-refractivity contribution in [1.29, 1.82) is 0 Å². The number of nitrogens with one attached hydrogen (secondary N) is 4. The van der Waals surface area contributed by atoms with E-state index >= 15 is 0 Å². The van der Waals surface area contributed by atoms with Crippen LogP contribution in [0, 0.1) is 5.92 Å². The lowest BCUT2D eigenvalue weighted by atomic mass is 10.00. The van der Waals surface area contributed by atoms with Gasteiger partial charge in [-0.2, -0.15) is 0 Å². The molecule has 0 radical (unpaired) electrons. The van der Waals surface area contributed by atoms with E-state index in [1.165, 1.54) is 12.1 Å². The molecule has 210 valence electrons. The van der Waals surface area contributed by atoms with Crippen molar-refractivity contribution in [3.05, 3.63) is 65.7 Å².